The summed E-state index contributed by atoms with van der Waals surface area (Å²) in [7, 11) is 0. The highest BCUT2D eigenvalue weighted by Gasteiger charge is 2.15. The van der Waals surface area contributed by atoms with Gasteiger partial charge in [-0.2, -0.15) is 0 Å². The number of nitrogens with one attached hydrogen (secondary N) is 1. The standard InChI is InChI=1S/C21H14Cl2F2N4O3/c22-13-2-1-12(16(23)7-13)9-29-11-26-21(28-29)27-20(30)19-6-4-15(32-19)10-31-18-5-3-14(24)8-17(18)25/h1-8,11H,9-10H2,(H,27,28,30). The molecule has 0 saturated heterocycles. The molecule has 0 unspecified atom stereocenters. The molecule has 0 aliphatic heterocycles. The summed E-state index contributed by atoms with van der Waals surface area (Å²) < 4.78 is 38.7. The van der Waals surface area contributed by atoms with Gasteiger partial charge in [0.2, 0.25) is 5.95 Å². The van der Waals surface area contributed by atoms with Crippen LogP contribution in [0.25, 0.3) is 0 Å². The van der Waals surface area contributed by atoms with Gasteiger partial charge in [0.05, 0.1) is 6.54 Å². The molecule has 0 atom stereocenters. The molecule has 0 bridgehead atoms. The quantitative estimate of drug-likeness (QED) is 0.387. The summed E-state index contributed by atoms with van der Waals surface area (Å²) in [5, 5.41) is 7.71. The Morgan fingerprint density at radius 1 is 1.12 bits per heavy atom. The fourth-order valence-corrected chi connectivity index (χ4v) is 3.20. The van der Waals surface area contributed by atoms with Gasteiger partial charge in [-0.15, -0.1) is 5.10 Å². The number of hydrogen-bond acceptors (Lipinski definition) is 5. The smallest absolute Gasteiger partial charge is 0.293 e. The minimum absolute atomic E-state index is 0.0136. The molecule has 7 nitrogen and oxygen atoms in total. The number of carbonyl (C=O) groups excluding carboxylic acids is 1. The van der Waals surface area contributed by atoms with Gasteiger partial charge in [-0.1, -0.05) is 29.3 Å². The van der Waals surface area contributed by atoms with Crippen molar-refractivity contribution in [2.75, 3.05) is 5.32 Å². The maximum absolute atomic E-state index is 13.6. The molecular weight excluding hydrogens is 465 g/mol. The van der Waals surface area contributed by atoms with E-state index in [9.17, 15) is 13.6 Å². The van der Waals surface area contributed by atoms with Crippen LogP contribution in [-0.4, -0.2) is 20.7 Å². The van der Waals surface area contributed by atoms with Crippen molar-refractivity contribution in [2.24, 2.45) is 0 Å². The van der Waals surface area contributed by atoms with Crippen LogP contribution in [0.5, 0.6) is 5.75 Å². The van der Waals surface area contributed by atoms with E-state index in [4.69, 9.17) is 32.4 Å². The third-order valence-electron chi connectivity index (χ3n) is 4.26. The maximum Gasteiger partial charge on any atom is 0.293 e. The van der Waals surface area contributed by atoms with E-state index in [0.29, 0.717) is 22.7 Å². The van der Waals surface area contributed by atoms with Crippen molar-refractivity contribution >= 4 is 35.1 Å². The Bertz CT molecular complexity index is 1280. The zero-order chi connectivity index (χ0) is 22.7. The molecule has 0 saturated carbocycles. The second-order valence-electron chi connectivity index (χ2n) is 6.58. The predicted molar refractivity (Wildman–Crippen MR) is 113 cm³/mol. The number of carbonyl (C=O) groups is 1. The molecule has 164 valence electrons. The number of rotatable bonds is 7. The molecule has 1 N–H and O–H groups in total. The number of hydrogen-bond donors (Lipinski definition) is 1. The number of halogens is 4. The summed E-state index contributed by atoms with van der Waals surface area (Å²) >= 11 is 12.0. The van der Waals surface area contributed by atoms with E-state index in [1.165, 1.54) is 29.2 Å². The summed E-state index contributed by atoms with van der Waals surface area (Å²) in [4.78, 5) is 16.4. The lowest BCUT2D eigenvalue weighted by Crippen LogP contribution is -2.12. The number of furan rings is 1. The van der Waals surface area contributed by atoms with Crippen LogP contribution >= 0.6 is 23.2 Å². The van der Waals surface area contributed by atoms with Crippen molar-refractivity contribution in [3.63, 3.8) is 0 Å². The van der Waals surface area contributed by atoms with E-state index in [1.54, 1.807) is 18.2 Å². The molecule has 2 aromatic heterocycles. The second-order valence-corrected chi connectivity index (χ2v) is 7.43. The lowest BCUT2D eigenvalue weighted by molar-refractivity contribution is 0.0991. The van der Waals surface area contributed by atoms with Crippen molar-refractivity contribution < 1.29 is 22.7 Å². The normalized spacial score (nSPS) is 10.9. The van der Waals surface area contributed by atoms with Gasteiger partial charge < -0.3 is 9.15 Å². The van der Waals surface area contributed by atoms with Gasteiger partial charge in [0.1, 0.15) is 24.5 Å². The summed E-state index contributed by atoms with van der Waals surface area (Å²) in [6.07, 6.45) is 1.44. The van der Waals surface area contributed by atoms with Gasteiger partial charge in [0.25, 0.3) is 5.91 Å². The monoisotopic (exact) mass is 478 g/mol. The van der Waals surface area contributed by atoms with Gasteiger partial charge >= 0.3 is 0 Å². The van der Waals surface area contributed by atoms with E-state index >= 15 is 0 Å². The number of ether oxygens (including phenoxy) is 1. The van der Waals surface area contributed by atoms with Crippen LogP contribution in [0, 0.1) is 11.6 Å². The van der Waals surface area contributed by atoms with Gasteiger partial charge in [0, 0.05) is 16.1 Å². The Hall–Kier alpha value is -3.43. The van der Waals surface area contributed by atoms with E-state index in [-0.39, 0.29) is 29.8 Å². The fourth-order valence-electron chi connectivity index (χ4n) is 2.73. The molecule has 0 radical (unpaired) electrons. The highest BCUT2D eigenvalue weighted by molar-refractivity contribution is 6.35. The molecule has 2 heterocycles. The number of nitrogens with zero attached hydrogens (tertiary/aromatic N) is 3. The minimum atomic E-state index is -0.837. The molecule has 11 heteroatoms. The van der Waals surface area contributed by atoms with Crippen molar-refractivity contribution in [1.82, 2.24) is 14.8 Å². The van der Waals surface area contributed by atoms with Crippen LogP contribution in [0.2, 0.25) is 10.0 Å². The molecule has 4 aromatic rings. The van der Waals surface area contributed by atoms with Crippen LogP contribution in [0.15, 0.2) is 59.3 Å². The Labute approximate surface area is 190 Å². The zero-order valence-electron chi connectivity index (χ0n) is 16.2. The highest BCUT2D eigenvalue weighted by atomic mass is 35.5. The molecule has 0 aliphatic carbocycles. The van der Waals surface area contributed by atoms with Crippen molar-refractivity contribution in [3.8, 4) is 5.75 Å². The zero-order valence-corrected chi connectivity index (χ0v) is 17.7. The Morgan fingerprint density at radius 2 is 1.97 bits per heavy atom. The first kappa shape index (κ1) is 21.8. The largest absolute Gasteiger partial charge is 0.483 e. The minimum Gasteiger partial charge on any atom is -0.483 e. The fraction of sp³-hybridized carbons (Fsp3) is 0.0952. The molecule has 0 spiro atoms. The Morgan fingerprint density at radius 3 is 2.75 bits per heavy atom. The lowest BCUT2D eigenvalue weighted by Gasteiger charge is -2.05. The van der Waals surface area contributed by atoms with Crippen LogP contribution in [-0.2, 0) is 13.2 Å². The number of anilines is 1. The first-order chi connectivity index (χ1) is 15.4. The molecule has 0 aliphatic rings. The average molecular weight is 479 g/mol. The first-order valence-corrected chi connectivity index (χ1v) is 9.94. The highest BCUT2D eigenvalue weighted by Crippen LogP contribution is 2.22. The maximum atomic E-state index is 13.6. The second kappa shape index (κ2) is 9.37. The van der Waals surface area contributed by atoms with Crippen molar-refractivity contribution in [1.29, 1.82) is 0 Å². The molecule has 0 fully saturated rings. The van der Waals surface area contributed by atoms with Crippen molar-refractivity contribution in [3.05, 3.63) is 93.6 Å². The Balaban J connectivity index is 1.35. The SMILES string of the molecule is O=C(Nc1ncn(Cc2ccc(Cl)cc2Cl)n1)c1ccc(COc2ccc(F)cc2F)o1. The van der Waals surface area contributed by atoms with Gasteiger partial charge in [-0.25, -0.2) is 18.4 Å². The lowest BCUT2D eigenvalue weighted by atomic mass is 10.2. The molecular formula is C21H14Cl2F2N4O3. The third-order valence-corrected chi connectivity index (χ3v) is 4.85. The number of benzene rings is 2. The number of amides is 1. The van der Waals surface area contributed by atoms with Gasteiger partial charge in [0.15, 0.2) is 17.3 Å². The van der Waals surface area contributed by atoms with Crippen LogP contribution in [0.3, 0.4) is 0 Å². The summed E-state index contributed by atoms with van der Waals surface area (Å²) in [5.41, 5.74) is 0.784. The molecule has 2 aromatic carbocycles. The number of aromatic nitrogens is 3. The van der Waals surface area contributed by atoms with Crippen molar-refractivity contribution in [2.45, 2.75) is 13.2 Å². The third kappa shape index (κ3) is 5.24. The summed E-state index contributed by atoms with van der Waals surface area (Å²) in [6.45, 7) is 0.186. The first-order valence-electron chi connectivity index (χ1n) is 9.18. The molecule has 4 rings (SSSR count). The molecule has 1 amide bonds. The van der Waals surface area contributed by atoms with E-state index in [2.05, 4.69) is 15.4 Å². The Kier molecular flexibility index (Phi) is 6.38. The summed E-state index contributed by atoms with van der Waals surface area (Å²) in [6, 6.07) is 11.0. The topological polar surface area (TPSA) is 82.2 Å². The van der Waals surface area contributed by atoms with E-state index < -0.39 is 17.5 Å². The van der Waals surface area contributed by atoms with Gasteiger partial charge in [-0.05, 0) is 42.0 Å². The summed E-state index contributed by atoms with van der Waals surface area (Å²) in [5.74, 6) is -1.93. The molecule has 32 heavy (non-hydrogen) atoms. The van der Waals surface area contributed by atoms with E-state index in [0.717, 1.165) is 11.6 Å². The van der Waals surface area contributed by atoms with E-state index in [1.807, 2.05) is 0 Å². The van der Waals surface area contributed by atoms with Gasteiger partial charge in [-0.3, -0.25) is 10.1 Å². The van der Waals surface area contributed by atoms with Crippen LogP contribution in [0.1, 0.15) is 21.9 Å². The predicted octanol–water partition coefficient (Wildman–Crippen LogP) is 5.34. The van der Waals surface area contributed by atoms with Crippen LogP contribution < -0.4 is 10.1 Å². The average Bonchev–Trinajstić information content (AvgIpc) is 3.39. The van der Waals surface area contributed by atoms with Crippen LogP contribution in [0.4, 0.5) is 14.7 Å².